The summed E-state index contributed by atoms with van der Waals surface area (Å²) in [4.78, 5) is 14.2. The van der Waals surface area contributed by atoms with Crippen LogP contribution in [0.5, 0.6) is 5.75 Å². The lowest BCUT2D eigenvalue weighted by molar-refractivity contribution is -0.274. The van der Waals surface area contributed by atoms with Gasteiger partial charge in [-0.15, -0.1) is 13.2 Å². The van der Waals surface area contributed by atoms with Gasteiger partial charge >= 0.3 is 12.4 Å². The van der Waals surface area contributed by atoms with Gasteiger partial charge in [0, 0.05) is 29.4 Å². The first-order valence-electron chi connectivity index (χ1n) is 8.73. The molecule has 7 nitrogen and oxygen atoms in total. The number of ether oxygens (including phenoxy) is 1. The fraction of sp³-hybridized carbons (Fsp3) is 0.211. The van der Waals surface area contributed by atoms with Crippen LogP contribution >= 0.6 is 0 Å². The molecular formula is C19H18F3N3O4S. The van der Waals surface area contributed by atoms with Gasteiger partial charge in [-0.3, -0.25) is 4.90 Å². The Morgan fingerprint density at radius 2 is 1.83 bits per heavy atom. The van der Waals surface area contributed by atoms with Gasteiger partial charge in [0.2, 0.25) is 10.0 Å². The lowest BCUT2D eigenvalue weighted by Crippen LogP contribution is -2.50. The summed E-state index contributed by atoms with van der Waals surface area (Å²) in [5.41, 5.74) is 1.63. The molecule has 0 aliphatic carbocycles. The van der Waals surface area contributed by atoms with E-state index in [0.29, 0.717) is 12.1 Å². The van der Waals surface area contributed by atoms with Crippen molar-refractivity contribution in [2.24, 2.45) is 0 Å². The molecule has 0 aromatic heterocycles. The summed E-state index contributed by atoms with van der Waals surface area (Å²) < 4.78 is 66.7. The molecule has 0 saturated carbocycles. The van der Waals surface area contributed by atoms with Crippen LogP contribution in [-0.2, 0) is 16.4 Å². The third kappa shape index (κ3) is 5.51. The second-order valence-corrected chi connectivity index (χ2v) is 8.13. The van der Waals surface area contributed by atoms with Gasteiger partial charge in [0.05, 0.1) is 0 Å². The highest BCUT2D eigenvalue weighted by Crippen LogP contribution is 2.29. The largest absolute Gasteiger partial charge is 0.573 e. The summed E-state index contributed by atoms with van der Waals surface area (Å²) in [6.45, 7) is 3.32. The maximum atomic E-state index is 12.8. The molecule has 2 amide bonds. The van der Waals surface area contributed by atoms with Crippen LogP contribution in [0.2, 0.25) is 0 Å². The maximum absolute atomic E-state index is 12.8. The molecule has 0 unspecified atom stereocenters. The van der Waals surface area contributed by atoms with Crippen molar-refractivity contribution in [2.45, 2.75) is 18.8 Å². The predicted molar refractivity (Wildman–Crippen MR) is 106 cm³/mol. The molecule has 1 atom stereocenters. The van der Waals surface area contributed by atoms with Crippen molar-refractivity contribution >= 4 is 27.4 Å². The van der Waals surface area contributed by atoms with E-state index in [2.05, 4.69) is 21.4 Å². The number of nitrogens with one attached hydrogen (secondary N) is 2. The number of sulfonamides is 1. The van der Waals surface area contributed by atoms with Gasteiger partial charge in [-0.1, -0.05) is 24.8 Å². The van der Waals surface area contributed by atoms with Gasteiger partial charge in [-0.25, -0.2) is 17.9 Å². The number of hydrogen-bond acceptors (Lipinski definition) is 4. The van der Waals surface area contributed by atoms with E-state index >= 15 is 0 Å². The Hall–Kier alpha value is -3.05. The van der Waals surface area contributed by atoms with Crippen molar-refractivity contribution in [3.63, 3.8) is 0 Å². The molecule has 0 bridgehead atoms. The number of hydrogen-bond donors (Lipinski definition) is 2. The van der Waals surface area contributed by atoms with Gasteiger partial charge in [0.25, 0.3) is 0 Å². The first-order valence-corrected chi connectivity index (χ1v) is 10.3. The number of halogens is 3. The van der Waals surface area contributed by atoms with Crippen LogP contribution in [0.25, 0.3) is 0 Å². The average Bonchev–Trinajstić information content (AvgIpc) is 2.67. The summed E-state index contributed by atoms with van der Waals surface area (Å²) in [6.07, 6.45) is -4.42. The molecule has 1 aliphatic heterocycles. The number of urea groups is 1. The summed E-state index contributed by atoms with van der Waals surface area (Å²) in [7, 11) is -3.70. The van der Waals surface area contributed by atoms with E-state index in [1.807, 2.05) is 0 Å². The van der Waals surface area contributed by atoms with Gasteiger partial charge in [0.1, 0.15) is 5.75 Å². The van der Waals surface area contributed by atoms with E-state index in [1.165, 1.54) is 17.0 Å². The quantitative estimate of drug-likeness (QED) is 0.742. The molecule has 1 heterocycles. The third-order valence-electron chi connectivity index (χ3n) is 4.29. The van der Waals surface area contributed by atoms with E-state index in [9.17, 15) is 26.4 Å². The second kappa shape index (κ2) is 8.36. The lowest BCUT2D eigenvalue weighted by atomic mass is 9.99. The molecule has 0 fully saturated rings. The van der Waals surface area contributed by atoms with Crippen LogP contribution in [0.4, 0.5) is 29.3 Å². The lowest BCUT2D eigenvalue weighted by Gasteiger charge is -2.34. The van der Waals surface area contributed by atoms with Crippen LogP contribution in [0.1, 0.15) is 5.56 Å². The molecule has 2 aromatic rings. The third-order valence-corrected chi connectivity index (χ3v) is 5.39. The van der Waals surface area contributed by atoms with Crippen LogP contribution in [0.15, 0.2) is 60.5 Å². The number of para-hydroxylation sites is 1. The van der Waals surface area contributed by atoms with Crippen molar-refractivity contribution in [1.29, 1.82) is 0 Å². The fourth-order valence-electron chi connectivity index (χ4n) is 3.08. The minimum Gasteiger partial charge on any atom is -0.406 e. The Morgan fingerprint density at radius 3 is 2.47 bits per heavy atom. The second-order valence-electron chi connectivity index (χ2n) is 6.47. The van der Waals surface area contributed by atoms with Crippen molar-refractivity contribution in [1.82, 2.24) is 4.72 Å². The molecule has 3 rings (SSSR count). The molecular weight excluding hydrogens is 423 g/mol. The number of carbonyl (C=O) groups excluding carboxylic acids is 1. The van der Waals surface area contributed by atoms with Crippen LogP contribution < -0.4 is 19.7 Å². The van der Waals surface area contributed by atoms with Crippen molar-refractivity contribution in [3.05, 3.63) is 66.1 Å². The molecule has 2 N–H and O–H groups in total. The standard InChI is InChI=1S/C19H18F3N3O4S/c1-2-30(27,28)24-15-11-13-5-3-4-6-17(13)25(12-15)18(26)23-14-7-9-16(10-8-14)29-19(20,21)22/h2-10,15,24H,1,11-12H2,(H,23,26)/t15-/m1/s1. The fourth-order valence-corrected chi connectivity index (χ4v) is 3.80. The number of alkyl halides is 3. The van der Waals surface area contributed by atoms with E-state index in [4.69, 9.17) is 0 Å². The first kappa shape index (κ1) is 21.7. The maximum Gasteiger partial charge on any atom is 0.573 e. The number of benzene rings is 2. The molecule has 1 aliphatic rings. The summed E-state index contributed by atoms with van der Waals surface area (Å²) in [5.74, 6) is -0.414. The highest BCUT2D eigenvalue weighted by Gasteiger charge is 2.32. The topological polar surface area (TPSA) is 87.7 Å². The SMILES string of the molecule is C=CS(=O)(=O)N[C@@H]1Cc2ccccc2N(C(=O)Nc2ccc(OC(F)(F)F)cc2)C1. The highest BCUT2D eigenvalue weighted by molar-refractivity contribution is 7.92. The van der Waals surface area contributed by atoms with E-state index in [-0.39, 0.29) is 12.2 Å². The van der Waals surface area contributed by atoms with E-state index in [1.54, 1.807) is 24.3 Å². The van der Waals surface area contributed by atoms with Gasteiger partial charge in [-0.05, 0) is 42.3 Å². The number of fused-ring (bicyclic) bond motifs is 1. The summed E-state index contributed by atoms with van der Waals surface area (Å²) >= 11 is 0. The van der Waals surface area contributed by atoms with E-state index in [0.717, 1.165) is 23.1 Å². The number of carbonyl (C=O) groups is 1. The summed E-state index contributed by atoms with van der Waals surface area (Å²) in [6, 6.07) is 10.6. The number of amides is 2. The van der Waals surface area contributed by atoms with Crippen LogP contribution in [-0.4, -0.2) is 33.4 Å². The number of rotatable bonds is 5. The minimum absolute atomic E-state index is 0.0607. The van der Waals surface area contributed by atoms with Crippen molar-refractivity contribution < 1.29 is 31.1 Å². The molecule has 0 radical (unpaired) electrons. The Labute approximate surface area is 171 Å². The molecule has 160 valence electrons. The molecule has 0 saturated heterocycles. The monoisotopic (exact) mass is 441 g/mol. The Bertz CT molecular complexity index is 1040. The Morgan fingerprint density at radius 1 is 1.17 bits per heavy atom. The van der Waals surface area contributed by atoms with Crippen molar-refractivity contribution in [3.8, 4) is 5.75 Å². The minimum atomic E-state index is -4.81. The molecule has 11 heteroatoms. The zero-order valence-electron chi connectivity index (χ0n) is 15.5. The molecule has 0 spiro atoms. The van der Waals surface area contributed by atoms with Gasteiger partial charge in [0.15, 0.2) is 0 Å². The van der Waals surface area contributed by atoms with Crippen molar-refractivity contribution in [2.75, 3.05) is 16.8 Å². The van der Waals surface area contributed by atoms with Crippen LogP contribution in [0.3, 0.4) is 0 Å². The number of nitrogens with zero attached hydrogens (tertiary/aromatic N) is 1. The Balaban J connectivity index is 1.77. The molecule has 2 aromatic carbocycles. The predicted octanol–water partition coefficient (Wildman–Crippen LogP) is 3.61. The average molecular weight is 441 g/mol. The number of anilines is 2. The van der Waals surface area contributed by atoms with Gasteiger partial charge < -0.3 is 10.1 Å². The zero-order chi connectivity index (χ0) is 21.9. The highest BCUT2D eigenvalue weighted by atomic mass is 32.2. The molecule has 30 heavy (non-hydrogen) atoms. The summed E-state index contributed by atoms with van der Waals surface area (Å²) in [5, 5.41) is 3.39. The smallest absolute Gasteiger partial charge is 0.406 e. The van der Waals surface area contributed by atoms with Crippen LogP contribution in [0, 0.1) is 0 Å². The zero-order valence-corrected chi connectivity index (χ0v) is 16.3. The normalized spacial score (nSPS) is 16.5. The Kier molecular flexibility index (Phi) is 6.04. The van der Waals surface area contributed by atoms with Gasteiger partial charge in [-0.2, -0.15) is 0 Å². The first-order chi connectivity index (χ1) is 14.1. The van der Waals surface area contributed by atoms with E-state index < -0.39 is 34.2 Å².